The highest BCUT2D eigenvalue weighted by Crippen LogP contribution is 2.67. The molecule has 8 nitrogen and oxygen atoms in total. The van der Waals surface area contributed by atoms with Crippen LogP contribution in [-0.4, -0.2) is 49.9 Å². The predicted octanol–water partition coefficient (Wildman–Crippen LogP) is 2.60. The largest absolute Gasteiger partial charge is 0.465 e. The molecule has 3 rings (SSSR count). The summed E-state index contributed by atoms with van der Waals surface area (Å²) in [6, 6.07) is 3.94. The molecule has 26 heavy (non-hydrogen) atoms. The summed E-state index contributed by atoms with van der Waals surface area (Å²) in [5, 5.41) is 11.4. The van der Waals surface area contributed by atoms with E-state index in [1.165, 1.54) is 32.2 Å². The Morgan fingerprint density at radius 2 is 2.12 bits per heavy atom. The summed E-state index contributed by atoms with van der Waals surface area (Å²) in [5.74, 6) is -0.912. The number of carboxylic acid groups (broad SMARTS) is 1. The van der Waals surface area contributed by atoms with Crippen LogP contribution in [0.1, 0.15) is 25.3 Å². The maximum absolute atomic E-state index is 14.4. The first-order valence-electron chi connectivity index (χ1n) is 7.97. The third-order valence-corrected chi connectivity index (χ3v) is 7.89. The summed E-state index contributed by atoms with van der Waals surface area (Å²) in [6.45, 7) is 1.53. The average molecular weight is 387 g/mol. The minimum atomic E-state index is -3.35. The maximum atomic E-state index is 14.4. The van der Waals surface area contributed by atoms with Crippen molar-refractivity contribution in [3.05, 3.63) is 29.6 Å². The van der Waals surface area contributed by atoms with Crippen molar-refractivity contribution in [3.63, 3.8) is 0 Å². The number of amides is 1. The molecule has 1 aromatic rings. The number of carbonyl (C=O) groups is 1. The number of ether oxygens (including phenoxy) is 1. The number of nitrogens with two attached hydrogens (primary N) is 1. The molecule has 0 bridgehead atoms. The molecule has 6 N–H and O–H groups in total. The summed E-state index contributed by atoms with van der Waals surface area (Å²) in [6.07, 6.45) is -1.16. The van der Waals surface area contributed by atoms with Crippen LogP contribution in [0.5, 0.6) is 0 Å². The van der Waals surface area contributed by atoms with Crippen LogP contribution in [0.4, 0.5) is 14.9 Å². The fraction of sp³-hybridized carbons (Fsp3) is 0.500. The second kappa shape index (κ2) is 6.08. The number of methoxy groups -OCH3 is 1. The lowest BCUT2D eigenvalue weighted by atomic mass is 9.79. The number of nitrogens with zero attached hydrogens (tertiary/aromatic N) is 1. The summed E-state index contributed by atoms with van der Waals surface area (Å²) >= 11 is 0. The van der Waals surface area contributed by atoms with Gasteiger partial charge in [0.1, 0.15) is 21.9 Å². The number of nitrogen functional groups attached to an aromatic ring is 1. The highest BCUT2D eigenvalue weighted by atomic mass is 32.3. The Kier molecular flexibility index (Phi) is 4.42. The highest BCUT2D eigenvalue weighted by Gasteiger charge is 2.62. The zero-order valence-corrected chi connectivity index (χ0v) is 15.2. The van der Waals surface area contributed by atoms with Crippen molar-refractivity contribution in [2.45, 2.75) is 36.2 Å². The number of aliphatic imine (C=N–C) groups is 1. The fourth-order valence-corrected chi connectivity index (χ4v) is 6.30. The topological polar surface area (TPSA) is 137 Å². The van der Waals surface area contributed by atoms with E-state index >= 15 is 0 Å². The SMILES string of the molecule is COC1CC2(C1)C(NC(=O)O)=N[C@](C)(c1cc(N)ccc1F)CS2(O)O. The number of benzene rings is 1. The number of nitrogens with one attached hydrogen (secondary N) is 1. The molecule has 0 aromatic heterocycles. The Morgan fingerprint density at radius 1 is 1.46 bits per heavy atom. The van der Waals surface area contributed by atoms with E-state index in [-0.39, 0.29) is 36.1 Å². The van der Waals surface area contributed by atoms with Gasteiger partial charge in [-0.2, -0.15) is 10.6 Å². The second-order valence-electron chi connectivity index (χ2n) is 6.98. The Bertz CT molecular complexity index is 781. The van der Waals surface area contributed by atoms with Crippen molar-refractivity contribution >= 4 is 28.2 Å². The summed E-state index contributed by atoms with van der Waals surface area (Å²) in [5.41, 5.74) is 4.75. The molecule has 1 fully saturated rings. The lowest BCUT2D eigenvalue weighted by Crippen LogP contribution is -2.65. The molecule has 1 aliphatic carbocycles. The molecule has 1 saturated carbocycles. The van der Waals surface area contributed by atoms with Crippen LogP contribution in [0, 0.1) is 5.82 Å². The van der Waals surface area contributed by atoms with E-state index in [1.807, 2.05) is 0 Å². The molecule has 0 radical (unpaired) electrons. The first kappa shape index (κ1) is 18.9. The minimum Gasteiger partial charge on any atom is -0.465 e. The van der Waals surface area contributed by atoms with E-state index in [9.17, 15) is 23.4 Å². The standard InChI is InChI=1S/C16H22FN3O5S/c1-15(11-5-9(18)3-4-12(11)17)8-26(23,24)16(6-10(7-16)25-2)13(20-15)19-14(21)22/h3-5,10,23-24H,6-8,18H2,1-2H3,(H,19,20)(H,21,22)/t10?,15-,16?/m0/s1. The van der Waals surface area contributed by atoms with Crippen LogP contribution in [0.15, 0.2) is 23.2 Å². The van der Waals surface area contributed by atoms with Crippen molar-refractivity contribution < 1.29 is 28.1 Å². The molecule has 0 saturated heterocycles. The van der Waals surface area contributed by atoms with Crippen molar-refractivity contribution in [2.24, 2.45) is 4.99 Å². The van der Waals surface area contributed by atoms with Gasteiger partial charge in [0.2, 0.25) is 0 Å². The number of amidine groups is 1. The monoisotopic (exact) mass is 387 g/mol. The van der Waals surface area contributed by atoms with Gasteiger partial charge in [-0.1, -0.05) is 0 Å². The molecule has 1 amide bonds. The third kappa shape index (κ3) is 2.82. The van der Waals surface area contributed by atoms with Gasteiger partial charge in [-0.25, -0.2) is 9.18 Å². The zero-order chi connectivity index (χ0) is 19.3. The van der Waals surface area contributed by atoms with E-state index < -0.39 is 32.8 Å². The van der Waals surface area contributed by atoms with Crippen molar-refractivity contribution in [1.82, 2.24) is 5.32 Å². The Balaban J connectivity index is 2.13. The van der Waals surface area contributed by atoms with Gasteiger partial charge < -0.3 is 15.6 Å². The molecular weight excluding hydrogens is 365 g/mol. The lowest BCUT2D eigenvalue weighted by Gasteiger charge is -2.62. The van der Waals surface area contributed by atoms with Gasteiger partial charge in [0, 0.05) is 31.2 Å². The number of hydrogen-bond donors (Lipinski definition) is 5. The second-order valence-corrected chi connectivity index (χ2v) is 9.38. The van der Waals surface area contributed by atoms with Crippen LogP contribution in [0.2, 0.25) is 0 Å². The predicted molar refractivity (Wildman–Crippen MR) is 97.2 cm³/mol. The van der Waals surface area contributed by atoms with Crippen LogP contribution < -0.4 is 11.1 Å². The van der Waals surface area contributed by atoms with Gasteiger partial charge in [0.05, 0.1) is 11.9 Å². The molecule has 144 valence electrons. The number of anilines is 1. The number of hydrogen-bond acceptors (Lipinski definition) is 6. The summed E-state index contributed by atoms with van der Waals surface area (Å²) < 4.78 is 40.2. The Hall–Kier alpha value is -1.88. The first-order valence-corrected chi connectivity index (χ1v) is 9.69. The van der Waals surface area contributed by atoms with Crippen LogP contribution in [0.3, 0.4) is 0 Å². The highest BCUT2D eigenvalue weighted by molar-refractivity contribution is 8.26. The van der Waals surface area contributed by atoms with E-state index in [2.05, 4.69) is 10.3 Å². The Morgan fingerprint density at radius 3 is 2.69 bits per heavy atom. The molecule has 10 heteroatoms. The number of rotatable bonds is 2. The maximum Gasteiger partial charge on any atom is 0.410 e. The van der Waals surface area contributed by atoms with Crippen LogP contribution >= 0.6 is 10.6 Å². The summed E-state index contributed by atoms with van der Waals surface area (Å²) in [4.78, 5) is 15.7. The Labute approximate surface area is 151 Å². The van der Waals surface area contributed by atoms with Gasteiger partial charge in [-0.15, -0.1) is 0 Å². The molecule has 1 aromatic carbocycles. The van der Waals surface area contributed by atoms with Crippen molar-refractivity contribution in [2.75, 3.05) is 18.6 Å². The fourth-order valence-electron chi connectivity index (χ4n) is 3.71. The molecule has 1 heterocycles. The smallest absolute Gasteiger partial charge is 0.410 e. The minimum absolute atomic E-state index is 0.0751. The van der Waals surface area contributed by atoms with Gasteiger partial charge in [0.15, 0.2) is 0 Å². The molecular formula is C16H22FN3O5S. The quantitative estimate of drug-likeness (QED) is 0.495. The van der Waals surface area contributed by atoms with Gasteiger partial charge >= 0.3 is 6.09 Å². The molecule has 2 aliphatic rings. The van der Waals surface area contributed by atoms with E-state index in [0.29, 0.717) is 5.69 Å². The van der Waals surface area contributed by atoms with Gasteiger partial charge in [0.25, 0.3) is 0 Å². The van der Waals surface area contributed by atoms with Crippen LogP contribution in [-0.2, 0) is 10.3 Å². The van der Waals surface area contributed by atoms with E-state index in [0.717, 1.165) is 0 Å². The van der Waals surface area contributed by atoms with Crippen molar-refractivity contribution in [1.29, 1.82) is 0 Å². The van der Waals surface area contributed by atoms with E-state index in [4.69, 9.17) is 10.5 Å². The van der Waals surface area contributed by atoms with E-state index in [1.54, 1.807) is 0 Å². The molecule has 1 atom stereocenters. The summed E-state index contributed by atoms with van der Waals surface area (Å²) in [7, 11) is -1.85. The normalized spacial score (nSPS) is 33.9. The number of halogens is 1. The molecule has 1 aliphatic heterocycles. The average Bonchev–Trinajstić information content (AvgIpc) is 2.46. The molecule has 1 spiro atoms. The third-order valence-electron chi connectivity index (χ3n) is 5.14. The van der Waals surface area contributed by atoms with Crippen molar-refractivity contribution in [3.8, 4) is 0 Å². The zero-order valence-electron chi connectivity index (χ0n) is 14.4. The lowest BCUT2D eigenvalue weighted by molar-refractivity contribution is 0.0259. The first-order chi connectivity index (χ1) is 12.0. The van der Waals surface area contributed by atoms with Gasteiger partial charge in [-0.05, 0) is 25.1 Å². The molecule has 0 unspecified atom stereocenters. The van der Waals surface area contributed by atoms with Crippen LogP contribution in [0.25, 0.3) is 0 Å². The van der Waals surface area contributed by atoms with Gasteiger partial charge in [-0.3, -0.25) is 19.4 Å².